The first kappa shape index (κ1) is 12.7. The number of imidazole rings is 1. The second kappa shape index (κ2) is 5.74. The average molecular weight is 257 g/mol. The van der Waals surface area contributed by atoms with Gasteiger partial charge in [0, 0.05) is 19.0 Å². The number of H-pyrrole nitrogens is 1. The third-order valence-corrected chi connectivity index (χ3v) is 4.15. The lowest BCUT2D eigenvalue weighted by Crippen LogP contribution is -2.28. The maximum atomic E-state index is 4.66. The molecule has 0 radical (unpaired) electrons. The standard InChI is InChI=1S/C16H23N3/c1-2-12-7-8-14-15(11-12)19-16(18-14)9-10-17-13-5-3-4-6-13/h7-8,11,13,17H,2-6,9-10H2,1H3,(H,18,19). The third-order valence-electron chi connectivity index (χ3n) is 4.15. The first-order valence-corrected chi connectivity index (χ1v) is 7.56. The lowest BCUT2D eigenvalue weighted by Gasteiger charge is -2.10. The molecule has 0 atom stereocenters. The van der Waals surface area contributed by atoms with Crippen LogP contribution >= 0.6 is 0 Å². The van der Waals surface area contributed by atoms with Crippen LogP contribution in [-0.2, 0) is 12.8 Å². The van der Waals surface area contributed by atoms with E-state index in [2.05, 4.69) is 40.4 Å². The molecule has 3 nitrogen and oxygen atoms in total. The fourth-order valence-corrected chi connectivity index (χ4v) is 2.97. The van der Waals surface area contributed by atoms with E-state index >= 15 is 0 Å². The van der Waals surface area contributed by atoms with Crippen molar-refractivity contribution in [1.29, 1.82) is 0 Å². The van der Waals surface area contributed by atoms with E-state index in [0.29, 0.717) is 0 Å². The topological polar surface area (TPSA) is 40.7 Å². The van der Waals surface area contributed by atoms with Crippen LogP contribution in [0.15, 0.2) is 18.2 Å². The number of benzene rings is 1. The zero-order valence-electron chi connectivity index (χ0n) is 11.7. The molecule has 3 rings (SSSR count). The van der Waals surface area contributed by atoms with Crippen molar-refractivity contribution in [3.63, 3.8) is 0 Å². The summed E-state index contributed by atoms with van der Waals surface area (Å²) in [5, 5.41) is 3.64. The van der Waals surface area contributed by atoms with E-state index in [1.807, 2.05) is 0 Å². The zero-order chi connectivity index (χ0) is 13.1. The molecule has 2 N–H and O–H groups in total. The van der Waals surface area contributed by atoms with Gasteiger partial charge in [-0.3, -0.25) is 0 Å². The summed E-state index contributed by atoms with van der Waals surface area (Å²) in [5.41, 5.74) is 3.63. The van der Waals surface area contributed by atoms with E-state index in [1.54, 1.807) is 0 Å². The highest BCUT2D eigenvalue weighted by Gasteiger charge is 2.13. The van der Waals surface area contributed by atoms with Crippen molar-refractivity contribution in [2.75, 3.05) is 6.54 Å². The Bertz CT molecular complexity index is 538. The van der Waals surface area contributed by atoms with E-state index in [9.17, 15) is 0 Å². The van der Waals surface area contributed by atoms with Gasteiger partial charge < -0.3 is 10.3 Å². The van der Waals surface area contributed by atoms with Crippen LogP contribution in [0.2, 0.25) is 0 Å². The quantitative estimate of drug-likeness (QED) is 0.863. The van der Waals surface area contributed by atoms with Gasteiger partial charge in [-0.1, -0.05) is 25.8 Å². The SMILES string of the molecule is CCc1ccc2nc(CCNC3CCCC3)[nH]c2c1. The Morgan fingerprint density at radius 2 is 2.16 bits per heavy atom. The van der Waals surface area contributed by atoms with Gasteiger partial charge in [0.1, 0.15) is 5.82 Å². The van der Waals surface area contributed by atoms with E-state index in [1.165, 1.54) is 36.8 Å². The number of nitrogens with zero attached hydrogens (tertiary/aromatic N) is 1. The molecule has 1 heterocycles. The number of fused-ring (bicyclic) bond motifs is 1. The van der Waals surface area contributed by atoms with Crippen LogP contribution < -0.4 is 5.32 Å². The number of aryl methyl sites for hydroxylation is 1. The maximum Gasteiger partial charge on any atom is 0.108 e. The Morgan fingerprint density at radius 3 is 2.95 bits per heavy atom. The molecule has 0 unspecified atom stereocenters. The molecular formula is C16H23N3. The van der Waals surface area contributed by atoms with Crippen molar-refractivity contribution in [1.82, 2.24) is 15.3 Å². The van der Waals surface area contributed by atoms with Crippen molar-refractivity contribution >= 4 is 11.0 Å². The predicted octanol–water partition coefficient (Wildman–Crippen LogP) is 3.20. The molecule has 3 heteroatoms. The van der Waals surface area contributed by atoms with Crippen LogP contribution in [-0.4, -0.2) is 22.6 Å². The van der Waals surface area contributed by atoms with Gasteiger partial charge in [0.25, 0.3) is 0 Å². The van der Waals surface area contributed by atoms with Gasteiger partial charge in [0.05, 0.1) is 11.0 Å². The summed E-state index contributed by atoms with van der Waals surface area (Å²) >= 11 is 0. The van der Waals surface area contributed by atoms with Crippen molar-refractivity contribution in [3.05, 3.63) is 29.6 Å². The molecule has 1 saturated carbocycles. The minimum absolute atomic E-state index is 0.746. The first-order valence-electron chi connectivity index (χ1n) is 7.56. The monoisotopic (exact) mass is 257 g/mol. The Kier molecular flexibility index (Phi) is 3.83. The number of nitrogens with one attached hydrogen (secondary N) is 2. The maximum absolute atomic E-state index is 4.66. The zero-order valence-corrected chi connectivity index (χ0v) is 11.7. The van der Waals surface area contributed by atoms with E-state index in [-0.39, 0.29) is 0 Å². The second-order valence-corrected chi connectivity index (χ2v) is 5.57. The molecule has 1 aromatic carbocycles. The molecular weight excluding hydrogens is 234 g/mol. The number of hydrogen-bond acceptors (Lipinski definition) is 2. The molecule has 1 aromatic heterocycles. The Balaban J connectivity index is 1.61. The summed E-state index contributed by atoms with van der Waals surface area (Å²) in [6, 6.07) is 7.26. The average Bonchev–Trinajstić information content (AvgIpc) is 3.06. The smallest absolute Gasteiger partial charge is 0.108 e. The van der Waals surface area contributed by atoms with Crippen molar-refractivity contribution in [2.45, 2.75) is 51.5 Å². The van der Waals surface area contributed by atoms with E-state index in [0.717, 1.165) is 36.8 Å². The minimum atomic E-state index is 0.746. The van der Waals surface area contributed by atoms with Gasteiger partial charge in [0.15, 0.2) is 0 Å². The molecule has 1 aliphatic rings. The molecule has 0 amide bonds. The molecule has 19 heavy (non-hydrogen) atoms. The summed E-state index contributed by atoms with van der Waals surface area (Å²) in [6.45, 7) is 3.22. The van der Waals surface area contributed by atoms with Crippen LogP contribution in [0, 0.1) is 0 Å². The number of aromatic nitrogens is 2. The summed E-state index contributed by atoms with van der Waals surface area (Å²) in [5.74, 6) is 1.11. The van der Waals surface area contributed by atoms with E-state index in [4.69, 9.17) is 0 Å². The Morgan fingerprint density at radius 1 is 1.32 bits per heavy atom. The van der Waals surface area contributed by atoms with Crippen LogP contribution in [0.5, 0.6) is 0 Å². The predicted molar refractivity (Wildman–Crippen MR) is 79.4 cm³/mol. The van der Waals surface area contributed by atoms with Gasteiger partial charge >= 0.3 is 0 Å². The molecule has 1 fully saturated rings. The minimum Gasteiger partial charge on any atom is -0.342 e. The summed E-state index contributed by atoms with van der Waals surface area (Å²) in [6.07, 6.45) is 7.55. The van der Waals surface area contributed by atoms with Gasteiger partial charge in [0.2, 0.25) is 0 Å². The van der Waals surface area contributed by atoms with Gasteiger partial charge in [-0.05, 0) is 37.0 Å². The van der Waals surface area contributed by atoms with Gasteiger partial charge in [-0.15, -0.1) is 0 Å². The molecule has 102 valence electrons. The fraction of sp³-hybridized carbons (Fsp3) is 0.562. The normalized spacial score (nSPS) is 16.5. The number of hydrogen-bond donors (Lipinski definition) is 2. The van der Waals surface area contributed by atoms with Crippen molar-refractivity contribution < 1.29 is 0 Å². The summed E-state index contributed by atoms with van der Waals surface area (Å²) in [4.78, 5) is 8.10. The molecule has 1 aliphatic carbocycles. The highest BCUT2D eigenvalue weighted by Crippen LogP contribution is 2.18. The van der Waals surface area contributed by atoms with Crippen molar-refractivity contribution in [3.8, 4) is 0 Å². The molecule has 0 spiro atoms. The number of rotatable bonds is 5. The number of aromatic amines is 1. The lowest BCUT2D eigenvalue weighted by atomic mass is 10.1. The van der Waals surface area contributed by atoms with Crippen LogP contribution in [0.1, 0.15) is 44.0 Å². The largest absolute Gasteiger partial charge is 0.342 e. The second-order valence-electron chi connectivity index (χ2n) is 5.57. The Hall–Kier alpha value is -1.35. The highest BCUT2D eigenvalue weighted by atomic mass is 15.0. The molecule has 0 aliphatic heterocycles. The molecule has 2 aromatic rings. The van der Waals surface area contributed by atoms with Gasteiger partial charge in [-0.2, -0.15) is 0 Å². The summed E-state index contributed by atoms with van der Waals surface area (Å²) in [7, 11) is 0. The molecule has 0 bridgehead atoms. The van der Waals surface area contributed by atoms with Crippen LogP contribution in [0.25, 0.3) is 11.0 Å². The van der Waals surface area contributed by atoms with Crippen LogP contribution in [0.4, 0.5) is 0 Å². The lowest BCUT2D eigenvalue weighted by molar-refractivity contribution is 0.524. The van der Waals surface area contributed by atoms with Crippen molar-refractivity contribution in [2.24, 2.45) is 0 Å². The summed E-state index contributed by atoms with van der Waals surface area (Å²) < 4.78 is 0. The van der Waals surface area contributed by atoms with Gasteiger partial charge in [-0.25, -0.2) is 4.98 Å². The third kappa shape index (κ3) is 2.98. The Labute approximate surface area is 114 Å². The van der Waals surface area contributed by atoms with E-state index < -0.39 is 0 Å². The van der Waals surface area contributed by atoms with Crippen LogP contribution in [0.3, 0.4) is 0 Å². The molecule has 0 saturated heterocycles. The first-order chi connectivity index (χ1) is 9.35. The fourth-order valence-electron chi connectivity index (χ4n) is 2.97. The highest BCUT2D eigenvalue weighted by molar-refractivity contribution is 5.75.